The summed E-state index contributed by atoms with van der Waals surface area (Å²) in [5, 5.41) is 10.6. The van der Waals surface area contributed by atoms with E-state index >= 15 is 0 Å². The maximum absolute atomic E-state index is 5.38. The number of pyridine rings is 1. The predicted molar refractivity (Wildman–Crippen MR) is 102 cm³/mol. The van der Waals surface area contributed by atoms with Crippen LogP contribution in [0.5, 0.6) is 0 Å². The van der Waals surface area contributed by atoms with Crippen LogP contribution in [0.1, 0.15) is 5.56 Å². The van der Waals surface area contributed by atoms with Crippen molar-refractivity contribution in [2.24, 2.45) is 0 Å². The summed E-state index contributed by atoms with van der Waals surface area (Å²) in [7, 11) is 1.84. The molecule has 0 saturated carbocycles. The molecule has 2 N–H and O–H groups in total. The number of anilines is 3. The van der Waals surface area contributed by atoms with Crippen LogP contribution in [0.15, 0.2) is 43.0 Å². The van der Waals surface area contributed by atoms with Gasteiger partial charge < -0.3 is 15.4 Å². The van der Waals surface area contributed by atoms with Crippen molar-refractivity contribution in [3.63, 3.8) is 0 Å². The number of nitrogens with zero attached hydrogens (tertiary/aromatic N) is 6. The van der Waals surface area contributed by atoms with Crippen LogP contribution in [0.4, 0.5) is 17.5 Å². The molecular weight excluding hydrogens is 344 g/mol. The molecule has 1 aliphatic rings. The lowest BCUT2D eigenvalue weighted by atomic mass is 10.2. The van der Waals surface area contributed by atoms with Crippen LogP contribution in [-0.2, 0) is 11.3 Å². The van der Waals surface area contributed by atoms with Crippen molar-refractivity contribution in [2.45, 2.75) is 6.54 Å². The Morgan fingerprint density at radius 3 is 2.74 bits per heavy atom. The Morgan fingerprint density at radius 1 is 1.07 bits per heavy atom. The lowest BCUT2D eigenvalue weighted by Crippen LogP contribution is -2.35. The molecule has 9 nitrogen and oxygen atoms in total. The van der Waals surface area contributed by atoms with Crippen molar-refractivity contribution in [1.82, 2.24) is 29.6 Å². The zero-order valence-corrected chi connectivity index (χ0v) is 15.2. The van der Waals surface area contributed by atoms with E-state index < -0.39 is 0 Å². The first-order valence-corrected chi connectivity index (χ1v) is 8.88. The third-order valence-corrected chi connectivity index (χ3v) is 4.36. The summed E-state index contributed by atoms with van der Waals surface area (Å²) in [6, 6.07) is 7.76. The fourth-order valence-electron chi connectivity index (χ4n) is 2.95. The van der Waals surface area contributed by atoms with Crippen LogP contribution in [0.25, 0.3) is 5.82 Å². The molecule has 3 aromatic heterocycles. The minimum Gasteiger partial charge on any atom is -0.379 e. The van der Waals surface area contributed by atoms with E-state index in [9.17, 15) is 0 Å². The molecule has 1 aliphatic heterocycles. The van der Waals surface area contributed by atoms with Gasteiger partial charge in [-0.2, -0.15) is 9.78 Å². The van der Waals surface area contributed by atoms with Gasteiger partial charge in [-0.25, -0.2) is 15.0 Å². The van der Waals surface area contributed by atoms with Crippen LogP contribution >= 0.6 is 0 Å². The Kier molecular flexibility index (Phi) is 5.22. The molecule has 0 aromatic carbocycles. The van der Waals surface area contributed by atoms with Gasteiger partial charge in [-0.15, -0.1) is 0 Å². The van der Waals surface area contributed by atoms with E-state index in [1.165, 1.54) is 11.9 Å². The third kappa shape index (κ3) is 4.21. The fraction of sp³-hybridized carbons (Fsp3) is 0.333. The molecule has 1 fully saturated rings. The largest absolute Gasteiger partial charge is 0.379 e. The standard InChI is InChI=1S/C18H22N8O/c1-19-17-4-5-23-26(17)18-10-16(21-13-22-18)24-15-3-2-14(11-20-15)12-25-6-8-27-9-7-25/h2-5,10-11,13,19H,6-9,12H2,1H3,(H,20,21,22,24). The van der Waals surface area contributed by atoms with Gasteiger partial charge in [0.1, 0.15) is 23.8 Å². The Balaban J connectivity index is 1.44. The van der Waals surface area contributed by atoms with Gasteiger partial charge in [-0.1, -0.05) is 6.07 Å². The first-order valence-electron chi connectivity index (χ1n) is 8.88. The summed E-state index contributed by atoms with van der Waals surface area (Å²) < 4.78 is 7.10. The van der Waals surface area contributed by atoms with E-state index in [0.29, 0.717) is 11.6 Å². The normalized spacial score (nSPS) is 14.9. The SMILES string of the molecule is CNc1ccnn1-c1cc(Nc2ccc(CN3CCOCC3)cn2)ncn1. The highest BCUT2D eigenvalue weighted by atomic mass is 16.5. The van der Waals surface area contributed by atoms with Crippen LogP contribution in [0.2, 0.25) is 0 Å². The molecule has 0 radical (unpaired) electrons. The van der Waals surface area contributed by atoms with Gasteiger partial charge in [-0.05, 0) is 11.6 Å². The van der Waals surface area contributed by atoms with E-state index in [-0.39, 0.29) is 0 Å². The summed E-state index contributed by atoms with van der Waals surface area (Å²) in [6.45, 7) is 4.42. The van der Waals surface area contributed by atoms with Gasteiger partial charge >= 0.3 is 0 Å². The number of aromatic nitrogens is 5. The van der Waals surface area contributed by atoms with Crippen LogP contribution in [0.3, 0.4) is 0 Å². The van der Waals surface area contributed by atoms with Crippen molar-refractivity contribution in [3.8, 4) is 5.82 Å². The summed E-state index contributed by atoms with van der Waals surface area (Å²) in [5.74, 6) is 2.92. The molecule has 140 valence electrons. The van der Waals surface area contributed by atoms with E-state index in [2.05, 4.69) is 41.7 Å². The maximum Gasteiger partial charge on any atom is 0.161 e. The molecule has 0 atom stereocenters. The number of rotatable bonds is 6. The maximum atomic E-state index is 5.38. The molecule has 0 unspecified atom stereocenters. The summed E-state index contributed by atoms with van der Waals surface area (Å²) >= 11 is 0. The zero-order chi connectivity index (χ0) is 18.5. The number of hydrogen-bond acceptors (Lipinski definition) is 8. The Labute approximate surface area is 157 Å². The lowest BCUT2D eigenvalue weighted by molar-refractivity contribution is 0.0341. The average molecular weight is 366 g/mol. The van der Waals surface area contributed by atoms with Crippen LogP contribution < -0.4 is 10.6 Å². The van der Waals surface area contributed by atoms with Crippen molar-refractivity contribution < 1.29 is 4.74 Å². The molecule has 3 aromatic rings. The fourth-order valence-corrected chi connectivity index (χ4v) is 2.95. The van der Waals surface area contributed by atoms with Gasteiger partial charge in [0.25, 0.3) is 0 Å². The van der Waals surface area contributed by atoms with Crippen molar-refractivity contribution >= 4 is 17.5 Å². The Hall–Kier alpha value is -3.04. The number of morpholine rings is 1. The molecule has 1 saturated heterocycles. The number of hydrogen-bond donors (Lipinski definition) is 2. The summed E-state index contributed by atoms with van der Waals surface area (Å²) in [6.07, 6.45) is 5.12. The Bertz CT molecular complexity index is 873. The van der Waals surface area contributed by atoms with Gasteiger partial charge in [0.05, 0.1) is 19.4 Å². The zero-order valence-electron chi connectivity index (χ0n) is 15.2. The first-order chi connectivity index (χ1) is 13.3. The number of ether oxygens (including phenoxy) is 1. The van der Waals surface area contributed by atoms with Crippen molar-refractivity contribution in [3.05, 3.63) is 48.5 Å². The predicted octanol–water partition coefficient (Wildman–Crippen LogP) is 1.67. The van der Waals surface area contributed by atoms with Gasteiger partial charge in [0.2, 0.25) is 0 Å². The second kappa shape index (κ2) is 8.11. The minimum absolute atomic E-state index is 0.658. The molecule has 0 spiro atoms. The number of nitrogens with one attached hydrogen (secondary N) is 2. The van der Waals surface area contributed by atoms with Crippen molar-refractivity contribution in [1.29, 1.82) is 0 Å². The topological polar surface area (TPSA) is 93.0 Å². The molecule has 27 heavy (non-hydrogen) atoms. The molecule has 0 bridgehead atoms. The van der Waals surface area contributed by atoms with E-state index in [1.54, 1.807) is 10.9 Å². The second-order valence-corrected chi connectivity index (χ2v) is 6.20. The minimum atomic E-state index is 0.658. The molecule has 4 rings (SSSR count). The van der Waals surface area contributed by atoms with Gasteiger partial charge in [0, 0.05) is 45.0 Å². The highest BCUT2D eigenvalue weighted by molar-refractivity contribution is 5.54. The summed E-state index contributed by atoms with van der Waals surface area (Å²) in [4.78, 5) is 15.4. The Morgan fingerprint density at radius 2 is 1.96 bits per heavy atom. The quantitative estimate of drug-likeness (QED) is 0.681. The van der Waals surface area contributed by atoms with E-state index in [1.807, 2.05) is 31.4 Å². The molecule has 0 aliphatic carbocycles. The lowest BCUT2D eigenvalue weighted by Gasteiger charge is -2.26. The van der Waals surface area contributed by atoms with E-state index in [0.717, 1.165) is 44.5 Å². The molecule has 0 amide bonds. The van der Waals surface area contributed by atoms with Crippen molar-refractivity contribution in [2.75, 3.05) is 44.0 Å². The van der Waals surface area contributed by atoms with Gasteiger partial charge in [0.15, 0.2) is 5.82 Å². The average Bonchev–Trinajstić information content (AvgIpc) is 3.19. The molecule has 4 heterocycles. The summed E-state index contributed by atoms with van der Waals surface area (Å²) in [5.41, 5.74) is 1.18. The first kappa shape index (κ1) is 17.4. The smallest absolute Gasteiger partial charge is 0.161 e. The third-order valence-electron chi connectivity index (χ3n) is 4.36. The highest BCUT2D eigenvalue weighted by Gasteiger charge is 2.11. The second-order valence-electron chi connectivity index (χ2n) is 6.20. The highest BCUT2D eigenvalue weighted by Crippen LogP contribution is 2.17. The van der Waals surface area contributed by atoms with E-state index in [4.69, 9.17) is 4.74 Å². The molecular formula is C18H22N8O. The van der Waals surface area contributed by atoms with Crippen LogP contribution in [-0.4, -0.2) is 63.0 Å². The van der Waals surface area contributed by atoms with Crippen LogP contribution in [0, 0.1) is 0 Å². The van der Waals surface area contributed by atoms with Gasteiger partial charge in [-0.3, -0.25) is 4.90 Å². The molecule has 9 heteroatoms. The monoisotopic (exact) mass is 366 g/mol.